The molecule has 0 bridgehead atoms. The lowest BCUT2D eigenvalue weighted by Crippen LogP contribution is -2.38. The van der Waals surface area contributed by atoms with Crippen LogP contribution in [0.15, 0.2) is 52.0 Å². The largest absolute Gasteiger partial charge is 0.454 e. The highest BCUT2D eigenvalue weighted by Crippen LogP contribution is 2.46. The predicted octanol–water partition coefficient (Wildman–Crippen LogP) is 3.73. The van der Waals surface area contributed by atoms with Gasteiger partial charge in [0.15, 0.2) is 11.5 Å². The summed E-state index contributed by atoms with van der Waals surface area (Å²) in [5, 5.41) is 18.2. The van der Waals surface area contributed by atoms with Crippen LogP contribution in [-0.2, 0) is 6.54 Å². The van der Waals surface area contributed by atoms with Crippen molar-refractivity contribution < 1.29 is 14.2 Å². The molecule has 0 fully saturated rings. The van der Waals surface area contributed by atoms with Crippen LogP contribution < -0.4 is 19.8 Å². The standard InChI is InChI=1S/C23H17BrN4O4/c1-12-5-19-21(23(29)28(12)10-13-3-2-4-27-9-13)20(15(8-25)22(26)32-19)14-6-17-18(7-16(14)24)31-11-30-17/h2-7,9,15,20,26H,10-11H2,1H3. The fourth-order valence-corrected chi connectivity index (χ4v) is 4.71. The summed E-state index contributed by atoms with van der Waals surface area (Å²) in [6, 6.07) is 11.1. The minimum absolute atomic E-state index is 0.101. The van der Waals surface area contributed by atoms with Crippen LogP contribution in [0.2, 0.25) is 0 Å². The first-order valence-electron chi connectivity index (χ1n) is 9.86. The van der Waals surface area contributed by atoms with Gasteiger partial charge in [-0.1, -0.05) is 22.0 Å². The van der Waals surface area contributed by atoms with E-state index in [0.717, 1.165) is 5.56 Å². The van der Waals surface area contributed by atoms with Gasteiger partial charge in [0, 0.05) is 34.5 Å². The summed E-state index contributed by atoms with van der Waals surface area (Å²) < 4.78 is 18.9. The normalized spacial score (nSPS) is 18.6. The Morgan fingerprint density at radius 3 is 2.78 bits per heavy atom. The highest BCUT2D eigenvalue weighted by Gasteiger charge is 2.41. The number of rotatable bonds is 3. The van der Waals surface area contributed by atoms with Crippen LogP contribution in [0.25, 0.3) is 0 Å². The van der Waals surface area contributed by atoms with Crippen molar-refractivity contribution in [3.8, 4) is 23.3 Å². The Labute approximate surface area is 191 Å². The third-order valence-corrected chi connectivity index (χ3v) is 6.37. The molecule has 2 aromatic heterocycles. The third kappa shape index (κ3) is 3.24. The highest BCUT2D eigenvalue weighted by atomic mass is 79.9. The van der Waals surface area contributed by atoms with E-state index in [1.165, 1.54) is 0 Å². The molecule has 8 nitrogen and oxygen atoms in total. The van der Waals surface area contributed by atoms with Gasteiger partial charge in [0.2, 0.25) is 12.7 Å². The number of fused-ring (bicyclic) bond motifs is 2. The van der Waals surface area contributed by atoms with Crippen molar-refractivity contribution in [1.82, 2.24) is 9.55 Å². The fraction of sp³-hybridized carbons (Fsp3) is 0.217. The molecular weight excluding hydrogens is 476 g/mol. The molecule has 0 aliphatic carbocycles. The van der Waals surface area contributed by atoms with Gasteiger partial charge >= 0.3 is 0 Å². The number of pyridine rings is 2. The quantitative estimate of drug-likeness (QED) is 0.596. The van der Waals surface area contributed by atoms with Gasteiger partial charge in [0.05, 0.1) is 18.2 Å². The van der Waals surface area contributed by atoms with Gasteiger partial charge < -0.3 is 18.8 Å². The Balaban J connectivity index is 1.72. The SMILES string of the molecule is Cc1cc2c(c(=O)n1Cc1cccnc1)C(c1cc3c(cc1Br)OCO3)C(C#N)C(=N)O2. The van der Waals surface area contributed by atoms with Gasteiger partial charge in [-0.15, -0.1) is 0 Å². The summed E-state index contributed by atoms with van der Waals surface area (Å²) in [6.45, 7) is 2.24. The molecule has 32 heavy (non-hydrogen) atoms. The molecule has 0 saturated heterocycles. The van der Waals surface area contributed by atoms with E-state index in [4.69, 9.17) is 19.6 Å². The molecule has 5 rings (SSSR count). The monoisotopic (exact) mass is 492 g/mol. The molecule has 1 aromatic carbocycles. The summed E-state index contributed by atoms with van der Waals surface area (Å²) in [5.41, 5.74) is 2.28. The minimum Gasteiger partial charge on any atom is -0.454 e. The predicted molar refractivity (Wildman–Crippen MR) is 118 cm³/mol. The lowest BCUT2D eigenvalue weighted by molar-refractivity contribution is 0.174. The van der Waals surface area contributed by atoms with Crippen molar-refractivity contribution in [1.29, 1.82) is 10.7 Å². The second-order valence-corrected chi connectivity index (χ2v) is 8.45. The maximum Gasteiger partial charge on any atom is 0.258 e. The highest BCUT2D eigenvalue weighted by molar-refractivity contribution is 9.10. The molecule has 3 aromatic rings. The van der Waals surface area contributed by atoms with Crippen molar-refractivity contribution in [3.05, 3.63) is 79.9 Å². The topological polar surface area (TPSA) is 110 Å². The number of aromatic nitrogens is 2. The summed E-state index contributed by atoms with van der Waals surface area (Å²) in [5.74, 6) is -0.481. The zero-order valence-electron chi connectivity index (χ0n) is 17.0. The van der Waals surface area contributed by atoms with Crippen LogP contribution in [0.4, 0.5) is 0 Å². The number of aryl methyl sites for hydroxylation is 1. The van der Waals surface area contributed by atoms with Gasteiger partial charge in [0.1, 0.15) is 11.7 Å². The van der Waals surface area contributed by atoms with E-state index < -0.39 is 11.8 Å². The van der Waals surface area contributed by atoms with Crippen LogP contribution in [0.3, 0.4) is 0 Å². The number of hydrogen-bond acceptors (Lipinski definition) is 7. The molecular formula is C23H17BrN4O4. The molecule has 0 spiro atoms. The van der Waals surface area contributed by atoms with Crippen molar-refractivity contribution in [3.63, 3.8) is 0 Å². The Morgan fingerprint density at radius 2 is 2.06 bits per heavy atom. The van der Waals surface area contributed by atoms with E-state index in [1.807, 2.05) is 19.1 Å². The lowest BCUT2D eigenvalue weighted by atomic mass is 9.79. The number of nitrogens with one attached hydrogen (secondary N) is 1. The van der Waals surface area contributed by atoms with Gasteiger partial charge in [-0.05, 0) is 36.2 Å². The summed E-state index contributed by atoms with van der Waals surface area (Å²) >= 11 is 3.55. The summed E-state index contributed by atoms with van der Waals surface area (Å²) in [4.78, 5) is 17.9. The average Bonchev–Trinajstić information content (AvgIpc) is 3.23. The second-order valence-electron chi connectivity index (χ2n) is 7.59. The Bertz CT molecular complexity index is 1350. The van der Waals surface area contributed by atoms with E-state index in [1.54, 1.807) is 35.2 Å². The molecule has 2 atom stereocenters. The first-order chi connectivity index (χ1) is 15.5. The molecule has 0 radical (unpaired) electrons. The van der Waals surface area contributed by atoms with Gasteiger partial charge in [0.25, 0.3) is 5.56 Å². The molecule has 9 heteroatoms. The van der Waals surface area contributed by atoms with Crippen LogP contribution >= 0.6 is 15.9 Å². The number of halogens is 1. The first kappa shape index (κ1) is 20.3. The lowest BCUT2D eigenvalue weighted by Gasteiger charge is -2.31. The Hall–Kier alpha value is -3.64. The molecule has 2 unspecified atom stereocenters. The molecule has 2 aliphatic heterocycles. The van der Waals surface area contributed by atoms with Crippen LogP contribution in [-0.4, -0.2) is 22.2 Å². The Morgan fingerprint density at radius 1 is 1.28 bits per heavy atom. The number of nitrogens with zero attached hydrogens (tertiary/aromatic N) is 3. The number of benzene rings is 1. The van der Waals surface area contributed by atoms with Crippen molar-refractivity contribution >= 4 is 21.8 Å². The number of hydrogen-bond donors (Lipinski definition) is 1. The van der Waals surface area contributed by atoms with E-state index in [-0.39, 0.29) is 18.2 Å². The third-order valence-electron chi connectivity index (χ3n) is 5.68. The van der Waals surface area contributed by atoms with Gasteiger partial charge in [-0.25, -0.2) is 0 Å². The van der Waals surface area contributed by atoms with Crippen molar-refractivity contribution in [2.75, 3.05) is 6.79 Å². The molecule has 0 saturated carbocycles. The Kier molecular flexibility index (Phi) is 4.94. The zero-order valence-corrected chi connectivity index (χ0v) is 18.5. The average molecular weight is 493 g/mol. The number of nitriles is 1. The van der Waals surface area contributed by atoms with Crippen LogP contribution in [0.1, 0.15) is 28.3 Å². The first-order valence-corrected chi connectivity index (χ1v) is 10.7. The van der Waals surface area contributed by atoms with Gasteiger partial charge in [-0.3, -0.25) is 15.2 Å². The fourth-order valence-electron chi connectivity index (χ4n) is 4.14. The second kappa shape index (κ2) is 7.80. The maximum atomic E-state index is 13.7. The molecule has 4 heterocycles. The molecule has 1 N–H and O–H groups in total. The van der Waals surface area contributed by atoms with E-state index in [9.17, 15) is 10.1 Å². The van der Waals surface area contributed by atoms with Crippen molar-refractivity contribution in [2.45, 2.75) is 19.4 Å². The van der Waals surface area contributed by atoms with Gasteiger partial charge in [-0.2, -0.15) is 5.26 Å². The van der Waals surface area contributed by atoms with Crippen LogP contribution in [0, 0.1) is 29.6 Å². The zero-order chi connectivity index (χ0) is 22.4. The molecule has 0 amide bonds. The van der Waals surface area contributed by atoms with Crippen molar-refractivity contribution in [2.24, 2.45) is 5.92 Å². The minimum atomic E-state index is -0.971. The van der Waals surface area contributed by atoms with E-state index in [2.05, 4.69) is 27.0 Å². The summed E-state index contributed by atoms with van der Waals surface area (Å²) in [6.07, 6.45) is 3.39. The summed E-state index contributed by atoms with van der Waals surface area (Å²) in [7, 11) is 0. The maximum absolute atomic E-state index is 13.7. The smallest absolute Gasteiger partial charge is 0.258 e. The van der Waals surface area contributed by atoms with E-state index in [0.29, 0.717) is 45.1 Å². The molecule has 2 aliphatic rings. The van der Waals surface area contributed by atoms with Crippen LogP contribution in [0.5, 0.6) is 17.2 Å². The molecule has 160 valence electrons. The number of ether oxygens (including phenoxy) is 3. The van der Waals surface area contributed by atoms with E-state index >= 15 is 0 Å².